The zero-order valence-electron chi connectivity index (χ0n) is 18.7. The van der Waals surface area contributed by atoms with E-state index in [0.29, 0.717) is 23.6 Å². The van der Waals surface area contributed by atoms with Crippen LogP contribution in [0.2, 0.25) is 0 Å². The number of hydrogen-bond acceptors (Lipinski definition) is 10. The lowest BCUT2D eigenvalue weighted by molar-refractivity contribution is 0.593. The Labute approximate surface area is 200 Å². The fraction of sp³-hybridized carbons (Fsp3) is 0.125. The number of aromatic amines is 1. The van der Waals surface area contributed by atoms with Crippen molar-refractivity contribution in [3.05, 3.63) is 84.4 Å². The fourth-order valence-corrected chi connectivity index (χ4v) is 3.75. The molecule has 2 aromatic carbocycles. The molecule has 0 radical (unpaired) electrons. The number of rotatable bonds is 5. The second-order valence-electron chi connectivity index (χ2n) is 7.88. The molecular formula is C24H23N11. The van der Waals surface area contributed by atoms with E-state index >= 15 is 0 Å². The first-order chi connectivity index (χ1) is 17.1. The van der Waals surface area contributed by atoms with Gasteiger partial charge in [0.1, 0.15) is 23.9 Å². The van der Waals surface area contributed by atoms with E-state index in [1.165, 1.54) is 18.2 Å². The van der Waals surface area contributed by atoms with Crippen molar-refractivity contribution >= 4 is 40.8 Å². The van der Waals surface area contributed by atoms with Crippen LogP contribution in [-0.2, 0) is 13.0 Å². The number of imidazole rings is 1. The lowest BCUT2D eigenvalue weighted by Gasteiger charge is -2.27. The average Bonchev–Trinajstić information content (AvgIpc) is 3.54. The van der Waals surface area contributed by atoms with Gasteiger partial charge < -0.3 is 21.8 Å². The first kappa shape index (κ1) is 22.0. The Hall–Kier alpha value is -4.77. The maximum Gasteiger partial charge on any atom is 0.219 e. The quantitative estimate of drug-likeness (QED) is 0.352. The maximum absolute atomic E-state index is 6.31. The Balaban J connectivity index is 0.000000145. The predicted molar refractivity (Wildman–Crippen MR) is 138 cm³/mol. The van der Waals surface area contributed by atoms with Gasteiger partial charge in [0.05, 0.1) is 6.33 Å². The predicted octanol–water partition coefficient (Wildman–Crippen LogP) is 2.06. The van der Waals surface area contributed by atoms with Crippen LogP contribution in [0.1, 0.15) is 11.1 Å². The van der Waals surface area contributed by atoms with E-state index in [1.807, 2.05) is 48.5 Å². The SMILES string of the molecule is NC1=NC(N)(Cc2ccccc2)C2=NC=NC2=N1.c1ccc(CNc2ncnc3nc[nH]c23)cc1. The zero-order chi connectivity index (χ0) is 24.1. The third-order valence-electron chi connectivity index (χ3n) is 5.37. The van der Waals surface area contributed by atoms with E-state index in [0.717, 1.165) is 23.4 Å². The highest BCUT2D eigenvalue weighted by atomic mass is 15.2. The molecule has 2 aliphatic rings. The average molecular weight is 466 g/mol. The number of aliphatic imine (C=N–C) groups is 4. The van der Waals surface area contributed by atoms with E-state index in [-0.39, 0.29) is 5.96 Å². The van der Waals surface area contributed by atoms with Gasteiger partial charge in [-0.15, -0.1) is 0 Å². The number of fused-ring (bicyclic) bond motifs is 2. The number of aromatic nitrogens is 4. The van der Waals surface area contributed by atoms with Gasteiger partial charge in [0, 0.05) is 13.0 Å². The number of nitrogens with one attached hydrogen (secondary N) is 2. The van der Waals surface area contributed by atoms with Crippen LogP contribution in [0.5, 0.6) is 0 Å². The Morgan fingerprint density at radius 3 is 2.43 bits per heavy atom. The van der Waals surface area contributed by atoms with Crippen molar-refractivity contribution in [3.63, 3.8) is 0 Å². The maximum atomic E-state index is 6.31. The fourth-order valence-electron chi connectivity index (χ4n) is 3.75. The van der Waals surface area contributed by atoms with E-state index in [9.17, 15) is 0 Å². The van der Waals surface area contributed by atoms with Gasteiger partial charge in [0.25, 0.3) is 0 Å². The molecule has 35 heavy (non-hydrogen) atoms. The van der Waals surface area contributed by atoms with Crippen molar-refractivity contribution < 1.29 is 0 Å². The summed E-state index contributed by atoms with van der Waals surface area (Å²) in [6.07, 6.45) is 5.06. The smallest absolute Gasteiger partial charge is 0.219 e. The molecule has 0 spiro atoms. The summed E-state index contributed by atoms with van der Waals surface area (Å²) in [4.78, 5) is 31.8. The standard InChI is InChI=1S/C12H12N6.C12H11N5/c13-11-17-10-9(15-7-16-10)12(14,18-11)6-8-4-2-1-3-5-8;1-2-4-9(5-3-1)6-13-11-10-12(15-7-14-10)17-8-16-11/h1-5,7H,6,14H2,(H2,13,18);1-5,7-8H,6H2,(H2,13,14,15,16,17). The van der Waals surface area contributed by atoms with Gasteiger partial charge in [-0.2, -0.15) is 4.99 Å². The van der Waals surface area contributed by atoms with Crippen LogP contribution in [0, 0.1) is 0 Å². The summed E-state index contributed by atoms with van der Waals surface area (Å²) in [6, 6.07) is 20.0. The molecule has 0 saturated heterocycles. The molecule has 0 saturated carbocycles. The van der Waals surface area contributed by atoms with Crippen LogP contribution < -0.4 is 16.8 Å². The summed E-state index contributed by atoms with van der Waals surface area (Å²) in [5.41, 5.74) is 15.3. The lowest BCUT2D eigenvalue weighted by atomic mass is 9.94. The topological polar surface area (TPSA) is 168 Å². The molecule has 0 aliphatic carbocycles. The number of guanidine groups is 1. The first-order valence-electron chi connectivity index (χ1n) is 10.9. The van der Waals surface area contributed by atoms with Crippen LogP contribution in [0.3, 0.4) is 0 Å². The van der Waals surface area contributed by atoms with E-state index in [4.69, 9.17) is 11.5 Å². The molecule has 4 heterocycles. The normalized spacial score (nSPS) is 18.1. The highest BCUT2D eigenvalue weighted by Crippen LogP contribution is 2.21. The Kier molecular flexibility index (Phi) is 6.05. The van der Waals surface area contributed by atoms with E-state index in [2.05, 4.69) is 57.4 Å². The van der Waals surface area contributed by atoms with Gasteiger partial charge in [-0.3, -0.25) is 0 Å². The molecule has 0 fully saturated rings. The van der Waals surface area contributed by atoms with Crippen LogP contribution in [0.4, 0.5) is 5.82 Å². The summed E-state index contributed by atoms with van der Waals surface area (Å²) in [7, 11) is 0. The largest absolute Gasteiger partial charge is 0.368 e. The second kappa shape index (κ2) is 9.61. The third kappa shape index (κ3) is 4.94. The third-order valence-corrected chi connectivity index (χ3v) is 5.37. The molecule has 1 atom stereocenters. The van der Waals surface area contributed by atoms with E-state index < -0.39 is 5.66 Å². The van der Waals surface area contributed by atoms with Crippen molar-refractivity contribution in [1.82, 2.24) is 19.9 Å². The van der Waals surface area contributed by atoms with E-state index in [1.54, 1.807) is 6.33 Å². The van der Waals surface area contributed by atoms with Gasteiger partial charge in [-0.1, -0.05) is 60.7 Å². The Bertz CT molecular complexity index is 1440. The van der Waals surface area contributed by atoms with Gasteiger partial charge in [-0.25, -0.2) is 29.9 Å². The number of amidine groups is 1. The van der Waals surface area contributed by atoms with Crippen LogP contribution in [-0.4, -0.2) is 49.4 Å². The Morgan fingerprint density at radius 2 is 1.66 bits per heavy atom. The monoisotopic (exact) mass is 465 g/mol. The summed E-state index contributed by atoms with van der Waals surface area (Å²) in [6.45, 7) is 0.728. The number of benzene rings is 2. The molecule has 2 aromatic heterocycles. The molecule has 11 heteroatoms. The summed E-state index contributed by atoms with van der Waals surface area (Å²) in [5, 5.41) is 3.27. The number of anilines is 1. The zero-order valence-corrected chi connectivity index (χ0v) is 18.7. The number of nitrogens with two attached hydrogens (primary N) is 2. The molecule has 2 aliphatic heterocycles. The van der Waals surface area contributed by atoms with Gasteiger partial charge in [-0.05, 0) is 11.1 Å². The molecular weight excluding hydrogens is 442 g/mol. The minimum atomic E-state index is -0.987. The molecule has 1 unspecified atom stereocenters. The molecule has 174 valence electrons. The minimum absolute atomic E-state index is 0.140. The van der Waals surface area contributed by atoms with Crippen LogP contribution in [0.25, 0.3) is 11.2 Å². The molecule has 4 aromatic rings. The second-order valence-corrected chi connectivity index (χ2v) is 7.88. The van der Waals surface area contributed by atoms with Crippen molar-refractivity contribution in [1.29, 1.82) is 0 Å². The molecule has 6 N–H and O–H groups in total. The molecule has 11 nitrogen and oxygen atoms in total. The molecule has 0 bridgehead atoms. The van der Waals surface area contributed by atoms with Crippen molar-refractivity contribution in [2.75, 3.05) is 5.32 Å². The summed E-state index contributed by atoms with van der Waals surface area (Å²) >= 11 is 0. The van der Waals surface area contributed by atoms with Crippen molar-refractivity contribution in [2.24, 2.45) is 31.4 Å². The molecule has 6 rings (SSSR count). The van der Waals surface area contributed by atoms with Crippen LogP contribution in [0.15, 0.2) is 93.3 Å². The number of hydrogen-bond donors (Lipinski definition) is 4. The summed E-state index contributed by atoms with van der Waals surface area (Å²) in [5.74, 6) is 1.37. The number of nitrogens with zero attached hydrogens (tertiary/aromatic N) is 7. The summed E-state index contributed by atoms with van der Waals surface area (Å²) < 4.78 is 0. The van der Waals surface area contributed by atoms with Crippen molar-refractivity contribution in [2.45, 2.75) is 18.6 Å². The molecule has 0 amide bonds. The number of H-pyrrole nitrogens is 1. The first-order valence-corrected chi connectivity index (χ1v) is 10.9. The van der Waals surface area contributed by atoms with Gasteiger partial charge in [0.15, 0.2) is 23.0 Å². The van der Waals surface area contributed by atoms with Crippen molar-refractivity contribution in [3.8, 4) is 0 Å². The van der Waals surface area contributed by atoms with Gasteiger partial charge >= 0.3 is 0 Å². The highest BCUT2D eigenvalue weighted by Gasteiger charge is 2.39. The minimum Gasteiger partial charge on any atom is -0.368 e. The highest BCUT2D eigenvalue weighted by molar-refractivity contribution is 6.51. The van der Waals surface area contributed by atoms with Crippen LogP contribution >= 0.6 is 0 Å². The lowest BCUT2D eigenvalue weighted by Crippen LogP contribution is -2.53. The Morgan fingerprint density at radius 1 is 0.914 bits per heavy atom. The van der Waals surface area contributed by atoms with Gasteiger partial charge in [0.2, 0.25) is 5.96 Å².